The van der Waals surface area contributed by atoms with Crippen LogP contribution in [0.4, 0.5) is 0 Å². The average Bonchev–Trinajstić information content (AvgIpc) is 3.13. The van der Waals surface area contributed by atoms with E-state index in [1.54, 1.807) is 0 Å². The molecule has 5 rings (SSSR count). The van der Waals surface area contributed by atoms with Gasteiger partial charge in [-0.1, -0.05) is 77.8 Å². The van der Waals surface area contributed by atoms with Gasteiger partial charge in [-0.25, -0.2) is 0 Å². The molecule has 1 nitrogen and oxygen atoms in total. The van der Waals surface area contributed by atoms with E-state index in [9.17, 15) is 0 Å². The van der Waals surface area contributed by atoms with Crippen molar-refractivity contribution in [3.8, 4) is 22.4 Å². The van der Waals surface area contributed by atoms with E-state index in [0.29, 0.717) is 10.0 Å². The first-order valence-electron chi connectivity index (χ1n) is 8.76. The van der Waals surface area contributed by atoms with E-state index in [0.717, 1.165) is 33.3 Å². The predicted octanol–water partition coefficient (Wildman–Crippen LogP) is 7.96. The summed E-state index contributed by atoms with van der Waals surface area (Å²) in [7, 11) is 0. The average molecular weight is 388 g/mol. The molecule has 27 heavy (non-hydrogen) atoms. The number of H-pyrrole nitrogens is 1. The van der Waals surface area contributed by atoms with E-state index in [-0.39, 0.29) is 0 Å². The third-order valence-electron chi connectivity index (χ3n) is 4.95. The second-order valence-electron chi connectivity index (χ2n) is 6.60. The van der Waals surface area contributed by atoms with Crippen molar-refractivity contribution in [1.29, 1.82) is 0 Å². The molecule has 1 aromatic heterocycles. The Hall–Kier alpha value is -2.74. The summed E-state index contributed by atoms with van der Waals surface area (Å²) in [5.74, 6) is 0. The number of aromatic amines is 1. The molecule has 4 aromatic carbocycles. The second kappa shape index (κ2) is 6.45. The van der Waals surface area contributed by atoms with Gasteiger partial charge in [0.2, 0.25) is 0 Å². The van der Waals surface area contributed by atoms with Gasteiger partial charge in [0, 0.05) is 43.3 Å². The fourth-order valence-corrected chi connectivity index (χ4v) is 4.08. The monoisotopic (exact) mass is 387 g/mol. The molecule has 0 atom stereocenters. The number of nitrogens with one attached hydrogen (secondary N) is 1. The normalized spacial score (nSPS) is 11.3. The summed E-state index contributed by atoms with van der Waals surface area (Å²) in [6, 6.07) is 28.8. The molecule has 1 N–H and O–H groups in total. The smallest absolute Gasteiger partial charge is 0.0485 e. The van der Waals surface area contributed by atoms with E-state index >= 15 is 0 Å². The standard InChI is InChI=1S/C24H15Cl2N/c25-17-10-12-21(26)20(14-17)24-18-7-3-1-5-15(18)9-11-19(24)23-13-16-6-2-4-8-22(16)27-23/h1-14,27H. The molecule has 0 bridgehead atoms. The highest BCUT2D eigenvalue weighted by atomic mass is 35.5. The first-order chi connectivity index (χ1) is 13.2. The summed E-state index contributed by atoms with van der Waals surface area (Å²) in [5, 5.41) is 4.86. The molecule has 3 heteroatoms. The molecule has 0 aliphatic heterocycles. The van der Waals surface area contributed by atoms with Crippen LogP contribution in [0.15, 0.2) is 84.9 Å². The SMILES string of the molecule is Clc1ccc(Cl)c(-c2c(-c3cc4ccccc4[nH]3)ccc3ccccc23)c1. The van der Waals surface area contributed by atoms with Gasteiger partial charge >= 0.3 is 0 Å². The molecule has 0 aliphatic carbocycles. The number of fused-ring (bicyclic) bond motifs is 2. The van der Waals surface area contributed by atoms with E-state index < -0.39 is 0 Å². The highest BCUT2D eigenvalue weighted by molar-refractivity contribution is 6.36. The van der Waals surface area contributed by atoms with Gasteiger partial charge in [-0.2, -0.15) is 0 Å². The molecule has 0 saturated heterocycles. The minimum absolute atomic E-state index is 0.671. The van der Waals surface area contributed by atoms with E-state index in [1.165, 1.54) is 10.8 Å². The lowest BCUT2D eigenvalue weighted by atomic mass is 9.92. The fourth-order valence-electron chi connectivity index (χ4n) is 3.69. The third kappa shape index (κ3) is 2.80. The quantitative estimate of drug-likeness (QED) is 0.316. The molecular weight excluding hydrogens is 373 g/mol. The van der Waals surface area contributed by atoms with Crippen molar-refractivity contribution in [2.45, 2.75) is 0 Å². The molecule has 0 saturated carbocycles. The number of hydrogen-bond acceptors (Lipinski definition) is 0. The minimum Gasteiger partial charge on any atom is -0.355 e. The lowest BCUT2D eigenvalue weighted by Crippen LogP contribution is -1.89. The van der Waals surface area contributed by atoms with Gasteiger partial charge in [-0.15, -0.1) is 0 Å². The summed E-state index contributed by atoms with van der Waals surface area (Å²) < 4.78 is 0. The minimum atomic E-state index is 0.671. The molecular formula is C24H15Cl2N. The van der Waals surface area contributed by atoms with Gasteiger partial charge in [-0.05, 0) is 41.1 Å². The summed E-state index contributed by atoms with van der Waals surface area (Å²) in [5.41, 5.74) is 5.31. The Morgan fingerprint density at radius 2 is 1.41 bits per heavy atom. The van der Waals surface area contributed by atoms with Crippen LogP contribution in [0.5, 0.6) is 0 Å². The maximum absolute atomic E-state index is 6.60. The maximum Gasteiger partial charge on any atom is 0.0485 e. The van der Waals surface area contributed by atoms with Gasteiger partial charge in [0.25, 0.3) is 0 Å². The van der Waals surface area contributed by atoms with Crippen molar-refractivity contribution in [2.24, 2.45) is 0 Å². The number of aromatic nitrogens is 1. The Bertz CT molecular complexity index is 1270. The van der Waals surface area contributed by atoms with Crippen LogP contribution in [0.3, 0.4) is 0 Å². The van der Waals surface area contributed by atoms with Crippen LogP contribution in [0.2, 0.25) is 10.0 Å². The van der Waals surface area contributed by atoms with Crippen LogP contribution < -0.4 is 0 Å². The summed E-state index contributed by atoms with van der Waals surface area (Å²) in [6.45, 7) is 0. The molecule has 0 unspecified atom stereocenters. The molecule has 5 aromatic rings. The van der Waals surface area contributed by atoms with Gasteiger partial charge in [-0.3, -0.25) is 0 Å². The fraction of sp³-hybridized carbons (Fsp3) is 0. The predicted molar refractivity (Wildman–Crippen MR) is 117 cm³/mol. The Morgan fingerprint density at radius 1 is 0.630 bits per heavy atom. The van der Waals surface area contributed by atoms with Crippen LogP contribution in [-0.2, 0) is 0 Å². The van der Waals surface area contributed by atoms with Gasteiger partial charge in [0.05, 0.1) is 0 Å². The Kier molecular flexibility index (Phi) is 3.93. The lowest BCUT2D eigenvalue weighted by Gasteiger charge is -2.14. The zero-order valence-electron chi connectivity index (χ0n) is 14.3. The Morgan fingerprint density at radius 3 is 2.26 bits per heavy atom. The highest BCUT2D eigenvalue weighted by Gasteiger charge is 2.16. The first kappa shape index (κ1) is 16.4. The van der Waals surface area contributed by atoms with Crippen molar-refractivity contribution >= 4 is 44.9 Å². The zero-order chi connectivity index (χ0) is 18.4. The van der Waals surface area contributed by atoms with Crippen LogP contribution >= 0.6 is 23.2 Å². The van der Waals surface area contributed by atoms with Crippen molar-refractivity contribution in [1.82, 2.24) is 4.98 Å². The van der Waals surface area contributed by atoms with Crippen molar-refractivity contribution in [2.75, 3.05) is 0 Å². The van der Waals surface area contributed by atoms with Crippen LogP contribution in [0.25, 0.3) is 44.1 Å². The first-order valence-corrected chi connectivity index (χ1v) is 9.51. The topological polar surface area (TPSA) is 15.8 Å². The Balaban J connectivity index is 1.89. The number of hydrogen-bond donors (Lipinski definition) is 1. The molecule has 0 radical (unpaired) electrons. The van der Waals surface area contributed by atoms with Crippen molar-refractivity contribution in [3.05, 3.63) is 95.0 Å². The summed E-state index contributed by atoms with van der Waals surface area (Å²) >= 11 is 12.9. The van der Waals surface area contributed by atoms with Crippen molar-refractivity contribution in [3.63, 3.8) is 0 Å². The van der Waals surface area contributed by atoms with E-state index in [4.69, 9.17) is 23.2 Å². The lowest BCUT2D eigenvalue weighted by molar-refractivity contribution is 1.46. The molecule has 0 aliphatic rings. The van der Waals surface area contributed by atoms with Gasteiger partial charge < -0.3 is 4.98 Å². The zero-order valence-corrected chi connectivity index (χ0v) is 15.9. The molecule has 130 valence electrons. The number of rotatable bonds is 2. The van der Waals surface area contributed by atoms with E-state index in [1.807, 2.05) is 30.3 Å². The largest absolute Gasteiger partial charge is 0.355 e. The van der Waals surface area contributed by atoms with E-state index in [2.05, 4.69) is 59.6 Å². The number of benzene rings is 4. The Labute approximate surface area is 167 Å². The van der Waals surface area contributed by atoms with Crippen LogP contribution in [-0.4, -0.2) is 4.98 Å². The van der Waals surface area contributed by atoms with Gasteiger partial charge in [0.15, 0.2) is 0 Å². The maximum atomic E-state index is 6.60. The van der Waals surface area contributed by atoms with Crippen molar-refractivity contribution < 1.29 is 0 Å². The molecule has 1 heterocycles. The van der Waals surface area contributed by atoms with Crippen LogP contribution in [0, 0.1) is 0 Å². The highest BCUT2D eigenvalue weighted by Crippen LogP contribution is 2.42. The third-order valence-corrected chi connectivity index (χ3v) is 5.51. The molecule has 0 amide bonds. The number of halogens is 2. The molecule has 0 fully saturated rings. The van der Waals surface area contributed by atoms with Crippen LogP contribution in [0.1, 0.15) is 0 Å². The number of para-hydroxylation sites is 1. The second-order valence-corrected chi connectivity index (χ2v) is 7.45. The molecule has 0 spiro atoms. The summed E-state index contributed by atoms with van der Waals surface area (Å²) in [6.07, 6.45) is 0. The van der Waals surface area contributed by atoms with Gasteiger partial charge in [0.1, 0.15) is 0 Å². The summed E-state index contributed by atoms with van der Waals surface area (Å²) in [4.78, 5) is 3.54.